The van der Waals surface area contributed by atoms with Crippen molar-refractivity contribution in [2.75, 3.05) is 18.2 Å². The molecular formula is C13H17N3OS2. The average Bonchev–Trinajstić information content (AvgIpc) is 2.85. The van der Waals surface area contributed by atoms with Crippen LogP contribution < -0.4 is 10.1 Å². The summed E-state index contributed by atoms with van der Waals surface area (Å²) in [7, 11) is 1.66. The molecule has 1 N–H and O–H groups in total. The maximum atomic E-state index is 5.29. The summed E-state index contributed by atoms with van der Waals surface area (Å²) in [6.07, 6.45) is 0. The Morgan fingerprint density at radius 3 is 2.84 bits per heavy atom. The van der Waals surface area contributed by atoms with Crippen LogP contribution in [0.2, 0.25) is 0 Å². The summed E-state index contributed by atoms with van der Waals surface area (Å²) in [5, 5.41) is 12.3. The van der Waals surface area contributed by atoms with E-state index in [0.29, 0.717) is 5.92 Å². The number of para-hydroxylation sites is 2. The molecule has 19 heavy (non-hydrogen) atoms. The maximum absolute atomic E-state index is 5.29. The summed E-state index contributed by atoms with van der Waals surface area (Å²) in [4.78, 5) is 0. The molecule has 0 amide bonds. The third-order valence-electron chi connectivity index (χ3n) is 2.30. The molecule has 4 nitrogen and oxygen atoms in total. The lowest BCUT2D eigenvalue weighted by atomic mass is 10.3. The van der Waals surface area contributed by atoms with Crippen molar-refractivity contribution in [1.82, 2.24) is 10.2 Å². The summed E-state index contributed by atoms with van der Waals surface area (Å²) >= 11 is 3.31. The van der Waals surface area contributed by atoms with Gasteiger partial charge in [0.2, 0.25) is 5.13 Å². The van der Waals surface area contributed by atoms with Gasteiger partial charge in [-0.3, -0.25) is 0 Å². The van der Waals surface area contributed by atoms with Crippen molar-refractivity contribution in [1.29, 1.82) is 0 Å². The number of nitrogens with one attached hydrogen (secondary N) is 1. The van der Waals surface area contributed by atoms with E-state index < -0.39 is 0 Å². The van der Waals surface area contributed by atoms with Crippen molar-refractivity contribution in [3.63, 3.8) is 0 Å². The van der Waals surface area contributed by atoms with E-state index in [1.54, 1.807) is 30.2 Å². The smallest absolute Gasteiger partial charge is 0.210 e. The van der Waals surface area contributed by atoms with Gasteiger partial charge in [-0.15, -0.1) is 10.2 Å². The van der Waals surface area contributed by atoms with Crippen molar-refractivity contribution < 1.29 is 4.74 Å². The second-order valence-corrected chi connectivity index (χ2v) is 6.65. The van der Waals surface area contributed by atoms with Crippen molar-refractivity contribution in [3.8, 4) is 5.75 Å². The number of aromatic nitrogens is 2. The third kappa shape index (κ3) is 4.11. The summed E-state index contributed by atoms with van der Waals surface area (Å²) in [6.45, 7) is 4.39. The zero-order valence-electron chi connectivity index (χ0n) is 11.2. The highest BCUT2D eigenvalue weighted by Gasteiger charge is 2.08. The molecule has 2 aromatic rings. The van der Waals surface area contributed by atoms with Crippen LogP contribution in [0, 0.1) is 5.92 Å². The molecule has 0 aliphatic heterocycles. The molecule has 0 bridgehead atoms. The van der Waals surface area contributed by atoms with Crippen LogP contribution in [0.3, 0.4) is 0 Å². The standard InChI is InChI=1S/C13H17N3OS2/c1-9(2)8-18-13-16-15-12(19-13)14-10-6-4-5-7-11(10)17-3/h4-7,9H,8H2,1-3H3,(H,14,15). The van der Waals surface area contributed by atoms with Crippen LogP contribution in [0.15, 0.2) is 28.6 Å². The van der Waals surface area contributed by atoms with Crippen molar-refractivity contribution in [2.24, 2.45) is 5.92 Å². The molecule has 0 aliphatic rings. The lowest BCUT2D eigenvalue weighted by Crippen LogP contribution is -1.93. The number of benzene rings is 1. The first-order valence-electron chi connectivity index (χ1n) is 6.05. The molecule has 0 atom stereocenters. The van der Waals surface area contributed by atoms with Crippen LogP contribution in [0.1, 0.15) is 13.8 Å². The van der Waals surface area contributed by atoms with Gasteiger partial charge in [0.05, 0.1) is 12.8 Å². The molecule has 0 unspecified atom stereocenters. The van der Waals surface area contributed by atoms with Crippen LogP contribution >= 0.6 is 23.1 Å². The fourth-order valence-corrected chi connectivity index (χ4v) is 3.16. The average molecular weight is 295 g/mol. The molecule has 1 aromatic carbocycles. The Bertz CT molecular complexity index is 528. The SMILES string of the molecule is COc1ccccc1Nc1nnc(SCC(C)C)s1. The van der Waals surface area contributed by atoms with Gasteiger partial charge in [0, 0.05) is 5.75 Å². The molecule has 0 saturated carbocycles. The number of nitrogens with zero attached hydrogens (tertiary/aromatic N) is 2. The quantitative estimate of drug-likeness (QED) is 0.815. The Morgan fingerprint density at radius 1 is 1.32 bits per heavy atom. The second kappa shape index (κ2) is 6.77. The molecular weight excluding hydrogens is 278 g/mol. The van der Waals surface area contributed by atoms with Crippen molar-refractivity contribution in [3.05, 3.63) is 24.3 Å². The number of ether oxygens (including phenoxy) is 1. The summed E-state index contributed by atoms with van der Waals surface area (Å²) in [5.41, 5.74) is 0.904. The summed E-state index contributed by atoms with van der Waals surface area (Å²) in [5.74, 6) is 2.51. The van der Waals surface area contributed by atoms with E-state index in [1.165, 1.54) is 0 Å². The first kappa shape index (κ1) is 14.1. The minimum absolute atomic E-state index is 0.652. The molecule has 0 saturated heterocycles. The largest absolute Gasteiger partial charge is 0.495 e. The number of anilines is 2. The van der Waals surface area contributed by atoms with Crippen molar-refractivity contribution in [2.45, 2.75) is 18.2 Å². The van der Waals surface area contributed by atoms with Gasteiger partial charge < -0.3 is 10.1 Å². The first-order chi connectivity index (χ1) is 9.19. The zero-order valence-corrected chi connectivity index (χ0v) is 12.8. The lowest BCUT2D eigenvalue weighted by Gasteiger charge is -2.07. The predicted octanol–water partition coefficient (Wildman–Crippen LogP) is 4.04. The van der Waals surface area contributed by atoms with Gasteiger partial charge >= 0.3 is 0 Å². The van der Waals surface area contributed by atoms with Gasteiger partial charge in [-0.05, 0) is 18.1 Å². The Labute approximate surface area is 121 Å². The highest BCUT2D eigenvalue weighted by molar-refractivity contribution is 8.01. The van der Waals surface area contributed by atoms with Gasteiger partial charge in [0.15, 0.2) is 4.34 Å². The van der Waals surface area contributed by atoms with E-state index in [2.05, 4.69) is 29.4 Å². The maximum Gasteiger partial charge on any atom is 0.210 e. The van der Waals surface area contributed by atoms with Gasteiger partial charge in [-0.1, -0.05) is 49.1 Å². The number of hydrogen-bond donors (Lipinski definition) is 1. The predicted molar refractivity (Wildman–Crippen MR) is 81.7 cm³/mol. The second-order valence-electron chi connectivity index (χ2n) is 4.40. The normalized spacial score (nSPS) is 10.7. The lowest BCUT2D eigenvalue weighted by molar-refractivity contribution is 0.417. The molecule has 0 spiro atoms. The Kier molecular flexibility index (Phi) is 5.04. The molecule has 0 aliphatic carbocycles. The molecule has 102 valence electrons. The minimum atomic E-state index is 0.652. The molecule has 0 fully saturated rings. The van der Waals surface area contributed by atoms with Crippen LogP contribution in [-0.2, 0) is 0 Å². The molecule has 6 heteroatoms. The van der Waals surface area contributed by atoms with Crippen LogP contribution in [-0.4, -0.2) is 23.1 Å². The summed E-state index contributed by atoms with van der Waals surface area (Å²) < 4.78 is 6.28. The zero-order chi connectivity index (χ0) is 13.7. The summed E-state index contributed by atoms with van der Waals surface area (Å²) in [6, 6.07) is 7.77. The van der Waals surface area contributed by atoms with Crippen LogP contribution in [0.25, 0.3) is 0 Å². The highest BCUT2D eigenvalue weighted by Crippen LogP contribution is 2.31. The van der Waals surface area contributed by atoms with E-state index in [4.69, 9.17) is 4.74 Å². The molecule has 0 radical (unpaired) electrons. The van der Waals surface area contributed by atoms with E-state index >= 15 is 0 Å². The van der Waals surface area contributed by atoms with Crippen LogP contribution in [0.4, 0.5) is 10.8 Å². The third-order valence-corrected chi connectivity index (χ3v) is 4.69. The fraction of sp³-hybridized carbons (Fsp3) is 0.385. The number of rotatable bonds is 6. The van der Waals surface area contributed by atoms with Gasteiger partial charge in [-0.2, -0.15) is 0 Å². The number of methoxy groups -OCH3 is 1. The van der Waals surface area contributed by atoms with Crippen molar-refractivity contribution >= 4 is 33.9 Å². The highest BCUT2D eigenvalue weighted by atomic mass is 32.2. The molecule has 2 rings (SSSR count). The van der Waals surface area contributed by atoms with Gasteiger partial charge in [-0.25, -0.2) is 0 Å². The topological polar surface area (TPSA) is 47.0 Å². The van der Waals surface area contributed by atoms with Crippen LogP contribution in [0.5, 0.6) is 5.75 Å². The Hall–Kier alpha value is -1.27. The van der Waals surface area contributed by atoms with E-state index in [9.17, 15) is 0 Å². The van der Waals surface area contributed by atoms with E-state index in [1.807, 2.05) is 24.3 Å². The number of thioether (sulfide) groups is 1. The van der Waals surface area contributed by atoms with E-state index in [0.717, 1.165) is 26.7 Å². The van der Waals surface area contributed by atoms with Gasteiger partial charge in [0.1, 0.15) is 5.75 Å². The Balaban J connectivity index is 2.03. The molecule has 1 aromatic heterocycles. The first-order valence-corrected chi connectivity index (χ1v) is 7.85. The van der Waals surface area contributed by atoms with E-state index in [-0.39, 0.29) is 0 Å². The Morgan fingerprint density at radius 2 is 2.11 bits per heavy atom. The monoisotopic (exact) mass is 295 g/mol. The van der Waals surface area contributed by atoms with Gasteiger partial charge in [0.25, 0.3) is 0 Å². The number of hydrogen-bond acceptors (Lipinski definition) is 6. The molecule has 1 heterocycles. The fourth-order valence-electron chi connectivity index (χ4n) is 1.42. The minimum Gasteiger partial charge on any atom is -0.495 e.